The first kappa shape index (κ1) is 11.3. The standard InChI is InChI=1S/C9H13N3O3S/c1-3-12-4-6-7(5-12)10-9(11-8(6)13)16(2,14)15/h3-5H2,1-2H3,(H,10,11,13). The Labute approximate surface area is 93.2 Å². The van der Waals surface area contributed by atoms with Crippen molar-refractivity contribution in [3.05, 3.63) is 21.6 Å². The molecular formula is C9H13N3O3S. The van der Waals surface area contributed by atoms with Crippen LogP contribution in [0.25, 0.3) is 0 Å². The molecule has 0 aliphatic carbocycles. The van der Waals surface area contributed by atoms with Crippen LogP contribution in [0.2, 0.25) is 0 Å². The summed E-state index contributed by atoms with van der Waals surface area (Å²) in [6, 6.07) is 0. The molecule has 1 aromatic rings. The van der Waals surface area contributed by atoms with Crippen molar-refractivity contribution in [1.82, 2.24) is 14.9 Å². The zero-order valence-corrected chi connectivity index (χ0v) is 9.97. The van der Waals surface area contributed by atoms with Gasteiger partial charge in [-0.1, -0.05) is 6.92 Å². The van der Waals surface area contributed by atoms with E-state index >= 15 is 0 Å². The predicted molar refractivity (Wildman–Crippen MR) is 57.8 cm³/mol. The van der Waals surface area contributed by atoms with Crippen LogP contribution in [0.3, 0.4) is 0 Å². The van der Waals surface area contributed by atoms with Crippen LogP contribution < -0.4 is 5.56 Å². The van der Waals surface area contributed by atoms with E-state index in [9.17, 15) is 13.2 Å². The van der Waals surface area contributed by atoms with Gasteiger partial charge in [-0.3, -0.25) is 14.7 Å². The Balaban J connectivity index is 2.55. The monoisotopic (exact) mass is 243 g/mol. The average molecular weight is 243 g/mol. The minimum atomic E-state index is -3.46. The lowest BCUT2D eigenvalue weighted by molar-refractivity contribution is 0.298. The maximum atomic E-state index is 11.7. The maximum Gasteiger partial charge on any atom is 0.256 e. The van der Waals surface area contributed by atoms with Gasteiger partial charge in [-0.15, -0.1) is 0 Å². The molecular weight excluding hydrogens is 230 g/mol. The van der Waals surface area contributed by atoms with Crippen LogP contribution in [-0.2, 0) is 22.9 Å². The van der Waals surface area contributed by atoms with Crippen LogP contribution in [0.1, 0.15) is 18.2 Å². The normalized spacial score (nSPS) is 16.4. The highest BCUT2D eigenvalue weighted by atomic mass is 32.2. The number of aromatic amines is 1. The van der Waals surface area contributed by atoms with Crippen LogP contribution in [0, 0.1) is 0 Å². The van der Waals surface area contributed by atoms with Crippen molar-refractivity contribution in [2.75, 3.05) is 12.8 Å². The number of aromatic nitrogens is 2. The van der Waals surface area contributed by atoms with Gasteiger partial charge < -0.3 is 0 Å². The number of fused-ring (bicyclic) bond motifs is 1. The highest BCUT2D eigenvalue weighted by molar-refractivity contribution is 7.90. The Kier molecular flexibility index (Phi) is 2.59. The summed E-state index contributed by atoms with van der Waals surface area (Å²) in [5.74, 6) is 0. The van der Waals surface area contributed by atoms with Crippen molar-refractivity contribution in [3.63, 3.8) is 0 Å². The van der Waals surface area contributed by atoms with Crippen LogP contribution >= 0.6 is 0 Å². The number of H-pyrrole nitrogens is 1. The smallest absolute Gasteiger partial charge is 0.256 e. The van der Waals surface area contributed by atoms with Gasteiger partial charge in [-0.25, -0.2) is 13.4 Å². The summed E-state index contributed by atoms with van der Waals surface area (Å²) in [5, 5.41) is -0.241. The van der Waals surface area contributed by atoms with Gasteiger partial charge in [-0.2, -0.15) is 0 Å². The number of nitrogens with one attached hydrogen (secondary N) is 1. The molecule has 0 saturated heterocycles. The molecule has 16 heavy (non-hydrogen) atoms. The number of sulfone groups is 1. The molecule has 2 heterocycles. The SMILES string of the molecule is CCN1Cc2nc(S(C)(=O)=O)[nH]c(=O)c2C1. The number of nitrogens with zero attached hydrogens (tertiary/aromatic N) is 2. The predicted octanol–water partition coefficient (Wildman–Crippen LogP) is -0.491. The molecule has 7 heteroatoms. The largest absolute Gasteiger partial charge is 0.297 e. The summed E-state index contributed by atoms with van der Waals surface area (Å²) in [7, 11) is -3.46. The van der Waals surface area contributed by atoms with Gasteiger partial charge in [0.2, 0.25) is 15.0 Å². The molecule has 0 spiro atoms. The van der Waals surface area contributed by atoms with Crippen molar-refractivity contribution in [3.8, 4) is 0 Å². The lowest BCUT2D eigenvalue weighted by atomic mass is 10.3. The first-order valence-electron chi connectivity index (χ1n) is 4.96. The zero-order chi connectivity index (χ0) is 11.9. The summed E-state index contributed by atoms with van der Waals surface area (Å²) in [6.45, 7) is 3.87. The molecule has 0 amide bonds. The Morgan fingerprint density at radius 1 is 1.44 bits per heavy atom. The van der Waals surface area contributed by atoms with E-state index in [4.69, 9.17) is 0 Å². The molecule has 0 aromatic carbocycles. The van der Waals surface area contributed by atoms with E-state index in [1.807, 2.05) is 11.8 Å². The molecule has 0 unspecified atom stereocenters. The summed E-state index contributed by atoms with van der Waals surface area (Å²) >= 11 is 0. The Hall–Kier alpha value is -1.21. The van der Waals surface area contributed by atoms with Crippen LogP contribution in [0.5, 0.6) is 0 Å². The van der Waals surface area contributed by atoms with Crippen LogP contribution in [-0.4, -0.2) is 36.1 Å². The first-order chi connectivity index (χ1) is 7.41. The number of rotatable bonds is 2. The average Bonchev–Trinajstić information content (AvgIpc) is 2.59. The molecule has 0 saturated carbocycles. The Bertz CT molecular complexity index is 576. The number of hydrogen-bond acceptors (Lipinski definition) is 5. The second-order valence-electron chi connectivity index (χ2n) is 3.87. The van der Waals surface area contributed by atoms with Crippen molar-refractivity contribution in [2.24, 2.45) is 0 Å². The third-order valence-electron chi connectivity index (χ3n) is 2.63. The molecule has 0 fully saturated rings. The highest BCUT2D eigenvalue weighted by Gasteiger charge is 2.24. The molecule has 1 aliphatic rings. The van der Waals surface area contributed by atoms with Crippen molar-refractivity contribution in [2.45, 2.75) is 25.2 Å². The van der Waals surface area contributed by atoms with Crippen molar-refractivity contribution >= 4 is 9.84 Å². The van der Waals surface area contributed by atoms with E-state index in [0.29, 0.717) is 24.3 Å². The van der Waals surface area contributed by atoms with Gasteiger partial charge in [0.25, 0.3) is 5.56 Å². The fourth-order valence-electron chi connectivity index (χ4n) is 1.71. The van der Waals surface area contributed by atoms with E-state index in [1.54, 1.807) is 0 Å². The van der Waals surface area contributed by atoms with E-state index in [2.05, 4.69) is 9.97 Å². The third kappa shape index (κ3) is 1.88. The third-order valence-corrected chi connectivity index (χ3v) is 3.53. The van der Waals surface area contributed by atoms with Gasteiger partial charge in [0.05, 0.1) is 11.3 Å². The number of hydrogen-bond donors (Lipinski definition) is 1. The minimum Gasteiger partial charge on any atom is -0.297 e. The Morgan fingerprint density at radius 2 is 2.12 bits per heavy atom. The lowest BCUT2D eigenvalue weighted by Gasteiger charge is -2.08. The molecule has 2 rings (SSSR count). The highest BCUT2D eigenvalue weighted by Crippen LogP contribution is 2.17. The summed E-state index contributed by atoms with van der Waals surface area (Å²) in [5.41, 5.74) is 0.807. The van der Waals surface area contributed by atoms with Crippen molar-refractivity contribution in [1.29, 1.82) is 0 Å². The Morgan fingerprint density at radius 3 is 2.69 bits per heavy atom. The van der Waals surface area contributed by atoms with Gasteiger partial charge in [0.1, 0.15) is 0 Å². The lowest BCUT2D eigenvalue weighted by Crippen LogP contribution is -2.20. The molecule has 0 atom stereocenters. The van der Waals surface area contributed by atoms with Gasteiger partial charge in [0.15, 0.2) is 0 Å². The molecule has 6 nitrogen and oxygen atoms in total. The second kappa shape index (κ2) is 3.67. The fourth-order valence-corrected chi connectivity index (χ4v) is 2.26. The van der Waals surface area contributed by atoms with E-state index in [1.165, 1.54) is 0 Å². The van der Waals surface area contributed by atoms with E-state index in [-0.39, 0.29) is 10.7 Å². The van der Waals surface area contributed by atoms with Gasteiger partial charge >= 0.3 is 0 Å². The topological polar surface area (TPSA) is 83.1 Å². The van der Waals surface area contributed by atoms with Gasteiger partial charge in [-0.05, 0) is 6.54 Å². The van der Waals surface area contributed by atoms with Crippen LogP contribution in [0.15, 0.2) is 9.95 Å². The molecule has 1 aliphatic heterocycles. The molecule has 1 aromatic heterocycles. The maximum absolute atomic E-state index is 11.7. The molecule has 0 radical (unpaired) electrons. The summed E-state index contributed by atoms with van der Waals surface area (Å²) < 4.78 is 22.6. The summed E-state index contributed by atoms with van der Waals surface area (Å²) in [6.07, 6.45) is 1.03. The molecule has 88 valence electrons. The first-order valence-corrected chi connectivity index (χ1v) is 6.85. The fraction of sp³-hybridized carbons (Fsp3) is 0.556. The minimum absolute atomic E-state index is 0.241. The van der Waals surface area contributed by atoms with E-state index < -0.39 is 9.84 Å². The molecule has 1 N–H and O–H groups in total. The zero-order valence-electron chi connectivity index (χ0n) is 9.15. The molecule has 0 bridgehead atoms. The quantitative estimate of drug-likeness (QED) is 0.709. The van der Waals surface area contributed by atoms with Crippen molar-refractivity contribution < 1.29 is 8.42 Å². The second-order valence-corrected chi connectivity index (χ2v) is 5.80. The van der Waals surface area contributed by atoms with Crippen LogP contribution in [0.4, 0.5) is 0 Å². The van der Waals surface area contributed by atoms with Gasteiger partial charge in [0, 0.05) is 19.3 Å². The van der Waals surface area contributed by atoms with E-state index in [0.717, 1.165) is 12.8 Å². The summed E-state index contributed by atoms with van der Waals surface area (Å²) in [4.78, 5) is 20.0.